The van der Waals surface area contributed by atoms with Crippen molar-refractivity contribution in [2.24, 2.45) is 0 Å². The van der Waals surface area contributed by atoms with E-state index in [0.29, 0.717) is 5.56 Å². The third kappa shape index (κ3) is 4.50. The Balaban J connectivity index is 1.73. The lowest BCUT2D eigenvalue weighted by Gasteiger charge is -2.12. The van der Waals surface area contributed by atoms with Crippen LogP contribution in [0.1, 0.15) is 15.9 Å². The third-order valence-corrected chi connectivity index (χ3v) is 5.84. The smallest absolute Gasteiger partial charge is 0.264 e. The topological polar surface area (TPSA) is 33.0 Å². The van der Waals surface area contributed by atoms with E-state index < -0.39 is 0 Å². The van der Waals surface area contributed by atoms with Crippen LogP contribution in [0.2, 0.25) is 0 Å². The largest absolute Gasteiger partial charge is 0.305 e. The summed E-state index contributed by atoms with van der Waals surface area (Å²) < 4.78 is 1.90. The summed E-state index contributed by atoms with van der Waals surface area (Å²) in [5.41, 5.74) is 10.9. The standard InChI is InChI=1S/C31H24N2O/c1-23-17-19-27(20-18-23)31(34)32-33-29(25-13-7-3-8-14-25)21-28(24-11-5-2-6-12-24)22-30(33)26-15-9-4-10-16-26/h2-22H,1H3/p+1. The Kier molecular flexibility index (Phi) is 6.00. The van der Waals surface area contributed by atoms with Gasteiger partial charge in [0.25, 0.3) is 0 Å². The fraction of sp³-hybridized carbons (Fsp3) is 0.0323. The Hall–Kier alpha value is -4.50. The molecule has 1 N–H and O–H groups in total. The lowest BCUT2D eigenvalue weighted by Crippen LogP contribution is -2.51. The average molecular weight is 442 g/mol. The first kappa shape index (κ1) is 21.4. The SMILES string of the molecule is Cc1ccc(C(=O)N[n+]2c(-c3ccccc3)cc(-c3ccccc3)cc2-c2ccccc2)cc1. The number of carbonyl (C=O) groups excluding carboxylic acids is 1. The summed E-state index contributed by atoms with van der Waals surface area (Å²) >= 11 is 0. The normalized spacial score (nSPS) is 10.6. The maximum atomic E-state index is 13.3. The molecule has 34 heavy (non-hydrogen) atoms. The Labute approximate surface area is 200 Å². The summed E-state index contributed by atoms with van der Waals surface area (Å²) in [5, 5.41) is 0. The number of aromatic nitrogens is 1. The molecule has 0 aliphatic rings. The molecule has 4 aromatic carbocycles. The quantitative estimate of drug-likeness (QED) is 0.304. The summed E-state index contributed by atoms with van der Waals surface area (Å²) in [6.07, 6.45) is 0. The van der Waals surface area contributed by atoms with Crippen LogP contribution in [0.15, 0.2) is 127 Å². The molecule has 0 saturated heterocycles. The first-order valence-electron chi connectivity index (χ1n) is 11.3. The maximum Gasteiger partial charge on any atom is 0.305 e. The Morgan fingerprint density at radius 3 is 1.47 bits per heavy atom. The number of nitrogens with one attached hydrogen (secondary N) is 1. The summed E-state index contributed by atoms with van der Waals surface area (Å²) in [6.45, 7) is 2.01. The fourth-order valence-corrected chi connectivity index (χ4v) is 4.03. The number of amides is 1. The lowest BCUT2D eigenvalue weighted by molar-refractivity contribution is -0.618. The first-order chi connectivity index (χ1) is 16.7. The van der Waals surface area contributed by atoms with Crippen LogP contribution < -0.4 is 10.1 Å². The Morgan fingerprint density at radius 1 is 0.559 bits per heavy atom. The van der Waals surface area contributed by atoms with Crippen molar-refractivity contribution in [3.63, 3.8) is 0 Å². The monoisotopic (exact) mass is 441 g/mol. The number of pyridine rings is 1. The molecular formula is C31H25N2O+. The molecule has 0 aliphatic heterocycles. The van der Waals surface area contributed by atoms with E-state index in [-0.39, 0.29) is 5.91 Å². The highest BCUT2D eigenvalue weighted by Gasteiger charge is 2.25. The van der Waals surface area contributed by atoms with Gasteiger partial charge in [-0.1, -0.05) is 89.1 Å². The van der Waals surface area contributed by atoms with Crippen LogP contribution in [0.25, 0.3) is 33.6 Å². The van der Waals surface area contributed by atoms with E-state index in [9.17, 15) is 4.79 Å². The molecule has 0 fully saturated rings. The maximum absolute atomic E-state index is 13.3. The molecule has 0 spiro atoms. The fourth-order valence-electron chi connectivity index (χ4n) is 4.03. The Bertz CT molecular complexity index is 1350. The number of hydrogen-bond donors (Lipinski definition) is 1. The van der Waals surface area contributed by atoms with Gasteiger partial charge in [0.2, 0.25) is 11.4 Å². The van der Waals surface area contributed by atoms with E-state index >= 15 is 0 Å². The highest BCUT2D eigenvalue weighted by Crippen LogP contribution is 2.28. The van der Waals surface area contributed by atoms with E-state index in [1.807, 2.05) is 90.5 Å². The van der Waals surface area contributed by atoms with Crippen LogP contribution in [0.4, 0.5) is 0 Å². The van der Waals surface area contributed by atoms with Crippen LogP contribution in [0, 0.1) is 6.92 Å². The van der Waals surface area contributed by atoms with Crippen molar-refractivity contribution in [2.45, 2.75) is 6.92 Å². The van der Waals surface area contributed by atoms with Crippen LogP contribution in [-0.4, -0.2) is 5.91 Å². The van der Waals surface area contributed by atoms with E-state index in [1.165, 1.54) is 0 Å². The first-order valence-corrected chi connectivity index (χ1v) is 11.3. The van der Waals surface area contributed by atoms with Crippen molar-refractivity contribution < 1.29 is 9.47 Å². The number of nitrogens with zero attached hydrogens (tertiary/aromatic N) is 1. The minimum atomic E-state index is -0.160. The van der Waals surface area contributed by atoms with Crippen molar-refractivity contribution in [1.82, 2.24) is 0 Å². The molecule has 1 amide bonds. The summed E-state index contributed by atoms with van der Waals surface area (Å²) in [5.74, 6) is -0.160. The van der Waals surface area contributed by atoms with Gasteiger partial charge >= 0.3 is 5.91 Å². The molecule has 3 nitrogen and oxygen atoms in total. The molecule has 1 aromatic heterocycles. The number of carbonyl (C=O) groups is 1. The van der Waals surface area contributed by atoms with Gasteiger partial charge in [0.1, 0.15) is 0 Å². The van der Waals surface area contributed by atoms with Gasteiger partial charge in [-0.15, -0.1) is 5.43 Å². The number of hydrogen-bond acceptors (Lipinski definition) is 1. The zero-order valence-corrected chi connectivity index (χ0v) is 19.0. The molecule has 164 valence electrons. The van der Waals surface area contributed by atoms with E-state index in [2.05, 4.69) is 54.0 Å². The molecule has 0 atom stereocenters. The molecule has 0 radical (unpaired) electrons. The number of benzene rings is 4. The minimum absolute atomic E-state index is 0.160. The van der Waals surface area contributed by atoms with E-state index in [1.54, 1.807) is 0 Å². The zero-order chi connectivity index (χ0) is 23.3. The number of rotatable bonds is 5. The van der Waals surface area contributed by atoms with Crippen LogP contribution >= 0.6 is 0 Å². The van der Waals surface area contributed by atoms with Gasteiger partial charge in [-0.2, -0.15) is 0 Å². The highest BCUT2D eigenvalue weighted by molar-refractivity contribution is 5.99. The average Bonchev–Trinajstić information content (AvgIpc) is 2.90. The molecule has 5 rings (SSSR count). The van der Waals surface area contributed by atoms with Crippen molar-refractivity contribution >= 4 is 5.91 Å². The molecular weight excluding hydrogens is 416 g/mol. The lowest BCUT2D eigenvalue weighted by atomic mass is 9.99. The van der Waals surface area contributed by atoms with Crippen molar-refractivity contribution in [3.05, 3.63) is 139 Å². The van der Waals surface area contributed by atoms with Gasteiger partial charge in [0.05, 0.1) is 0 Å². The van der Waals surface area contributed by atoms with Crippen LogP contribution in [0.5, 0.6) is 0 Å². The predicted octanol–water partition coefficient (Wildman–Crippen LogP) is 6.67. The van der Waals surface area contributed by atoms with Gasteiger partial charge in [-0.3, -0.25) is 4.79 Å². The third-order valence-electron chi connectivity index (χ3n) is 5.84. The van der Waals surface area contributed by atoms with Crippen molar-refractivity contribution in [3.8, 4) is 33.6 Å². The second-order valence-corrected chi connectivity index (χ2v) is 8.25. The minimum Gasteiger partial charge on any atom is -0.264 e. The Morgan fingerprint density at radius 2 is 1.00 bits per heavy atom. The summed E-state index contributed by atoms with van der Waals surface area (Å²) in [4.78, 5) is 13.3. The van der Waals surface area contributed by atoms with Crippen molar-refractivity contribution in [1.29, 1.82) is 0 Å². The molecule has 0 saturated carbocycles. The molecule has 0 bridgehead atoms. The zero-order valence-electron chi connectivity index (χ0n) is 19.0. The summed E-state index contributed by atoms with van der Waals surface area (Å²) in [7, 11) is 0. The van der Waals surface area contributed by atoms with Gasteiger partial charge < -0.3 is 0 Å². The second-order valence-electron chi connectivity index (χ2n) is 8.25. The van der Waals surface area contributed by atoms with Crippen LogP contribution in [0.3, 0.4) is 0 Å². The van der Waals surface area contributed by atoms with Crippen molar-refractivity contribution in [2.75, 3.05) is 5.43 Å². The molecule has 0 aliphatic carbocycles. The molecule has 5 aromatic rings. The number of aryl methyl sites for hydroxylation is 1. The van der Waals surface area contributed by atoms with Crippen LogP contribution in [-0.2, 0) is 0 Å². The van der Waals surface area contributed by atoms with Gasteiger partial charge in [-0.05, 0) is 54.4 Å². The summed E-state index contributed by atoms with van der Waals surface area (Å²) in [6, 6.07) is 42.5. The second kappa shape index (κ2) is 9.55. The van der Waals surface area contributed by atoms with E-state index in [0.717, 1.165) is 39.2 Å². The van der Waals surface area contributed by atoms with Gasteiger partial charge in [0.15, 0.2) is 0 Å². The van der Waals surface area contributed by atoms with E-state index in [4.69, 9.17) is 0 Å². The molecule has 0 unspecified atom stereocenters. The molecule has 1 heterocycles. The molecule has 3 heteroatoms. The van der Waals surface area contributed by atoms with Gasteiger partial charge in [-0.25, -0.2) is 0 Å². The van der Waals surface area contributed by atoms with Gasteiger partial charge in [0, 0.05) is 28.8 Å². The predicted molar refractivity (Wildman–Crippen MR) is 138 cm³/mol. The highest BCUT2D eigenvalue weighted by atomic mass is 16.2.